The summed E-state index contributed by atoms with van der Waals surface area (Å²) in [7, 11) is 0. The molecule has 1 saturated carbocycles. The maximum atomic E-state index is 13.5. The van der Waals surface area contributed by atoms with Crippen LogP contribution in [0.2, 0.25) is 0 Å². The number of hydrogen-bond acceptors (Lipinski definition) is 2. The van der Waals surface area contributed by atoms with Gasteiger partial charge in [-0.3, -0.25) is 0 Å². The fraction of sp³-hybridized carbons (Fsp3) is 0.625. The van der Waals surface area contributed by atoms with E-state index in [4.69, 9.17) is 4.74 Å². The maximum absolute atomic E-state index is 13.5. The SMILES string of the molecule is CCCNC1CCC(OCc2c(F)cccc2F)CC1. The lowest BCUT2D eigenvalue weighted by Gasteiger charge is -2.29. The molecule has 2 rings (SSSR count). The Kier molecular flexibility index (Phi) is 5.92. The Morgan fingerprint density at radius 3 is 2.40 bits per heavy atom. The summed E-state index contributed by atoms with van der Waals surface area (Å²) in [6.45, 7) is 3.23. The molecule has 4 heteroatoms. The molecule has 1 aromatic carbocycles. The Balaban J connectivity index is 1.76. The smallest absolute Gasteiger partial charge is 0.131 e. The van der Waals surface area contributed by atoms with Gasteiger partial charge in [-0.15, -0.1) is 0 Å². The molecular weight excluding hydrogens is 260 g/mol. The second kappa shape index (κ2) is 7.70. The molecular formula is C16H23F2NO. The van der Waals surface area contributed by atoms with Gasteiger partial charge in [0.25, 0.3) is 0 Å². The van der Waals surface area contributed by atoms with Crippen molar-refractivity contribution in [1.29, 1.82) is 0 Å². The molecule has 2 nitrogen and oxygen atoms in total. The van der Waals surface area contributed by atoms with Crippen molar-refractivity contribution < 1.29 is 13.5 Å². The predicted molar refractivity (Wildman–Crippen MR) is 75.5 cm³/mol. The second-order valence-electron chi connectivity index (χ2n) is 5.44. The van der Waals surface area contributed by atoms with Gasteiger partial charge in [-0.05, 0) is 50.8 Å². The highest BCUT2D eigenvalue weighted by Crippen LogP contribution is 2.23. The summed E-state index contributed by atoms with van der Waals surface area (Å²) < 4.78 is 32.6. The Labute approximate surface area is 119 Å². The summed E-state index contributed by atoms with van der Waals surface area (Å²) in [4.78, 5) is 0. The number of benzene rings is 1. The van der Waals surface area contributed by atoms with Crippen molar-refractivity contribution in [2.75, 3.05) is 6.54 Å². The summed E-state index contributed by atoms with van der Waals surface area (Å²) in [5, 5.41) is 3.51. The molecule has 1 aliphatic carbocycles. The van der Waals surface area contributed by atoms with Crippen LogP contribution in [-0.2, 0) is 11.3 Å². The summed E-state index contributed by atoms with van der Waals surface area (Å²) >= 11 is 0. The molecule has 0 amide bonds. The lowest BCUT2D eigenvalue weighted by molar-refractivity contribution is 0.00886. The third-order valence-corrected chi connectivity index (χ3v) is 3.88. The van der Waals surface area contributed by atoms with Gasteiger partial charge in [0, 0.05) is 11.6 Å². The van der Waals surface area contributed by atoms with E-state index in [1.807, 2.05) is 0 Å². The molecule has 1 fully saturated rings. The van der Waals surface area contributed by atoms with Crippen molar-refractivity contribution >= 4 is 0 Å². The van der Waals surface area contributed by atoms with Crippen LogP contribution in [0.3, 0.4) is 0 Å². The number of halogens is 2. The van der Waals surface area contributed by atoms with Crippen LogP contribution < -0.4 is 5.32 Å². The molecule has 1 aromatic rings. The van der Waals surface area contributed by atoms with E-state index in [2.05, 4.69) is 12.2 Å². The number of ether oxygens (including phenoxy) is 1. The zero-order valence-corrected chi connectivity index (χ0v) is 12.0. The van der Waals surface area contributed by atoms with Gasteiger partial charge in [0.1, 0.15) is 11.6 Å². The predicted octanol–water partition coefficient (Wildman–Crippen LogP) is 3.79. The van der Waals surface area contributed by atoms with E-state index < -0.39 is 11.6 Å². The number of rotatable bonds is 6. The van der Waals surface area contributed by atoms with Crippen LogP contribution in [0, 0.1) is 11.6 Å². The van der Waals surface area contributed by atoms with E-state index >= 15 is 0 Å². The molecule has 0 atom stereocenters. The van der Waals surface area contributed by atoms with Crippen molar-refractivity contribution in [2.45, 2.75) is 57.8 Å². The highest BCUT2D eigenvalue weighted by molar-refractivity contribution is 5.18. The maximum Gasteiger partial charge on any atom is 0.131 e. The summed E-state index contributed by atoms with van der Waals surface area (Å²) in [6.07, 6.45) is 5.32. The highest BCUT2D eigenvalue weighted by Gasteiger charge is 2.21. The topological polar surface area (TPSA) is 21.3 Å². The molecule has 0 bridgehead atoms. The molecule has 1 aliphatic rings. The molecule has 0 heterocycles. The molecule has 0 spiro atoms. The first-order valence-electron chi connectivity index (χ1n) is 7.48. The highest BCUT2D eigenvalue weighted by atomic mass is 19.1. The van der Waals surface area contributed by atoms with Crippen LogP contribution in [0.4, 0.5) is 8.78 Å². The summed E-state index contributed by atoms with van der Waals surface area (Å²) in [5.41, 5.74) is 0.0405. The molecule has 112 valence electrons. The fourth-order valence-electron chi connectivity index (χ4n) is 2.65. The largest absolute Gasteiger partial charge is 0.373 e. The Morgan fingerprint density at radius 2 is 1.80 bits per heavy atom. The zero-order valence-electron chi connectivity index (χ0n) is 12.0. The van der Waals surface area contributed by atoms with Crippen LogP contribution in [0.15, 0.2) is 18.2 Å². The van der Waals surface area contributed by atoms with Gasteiger partial charge in [-0.2, -0.15) is 0 Å². The van der Waals surface area contributed by atoms with Crippen molar-refractivity contribution in [1.82, 2.24) is 5.32 Å². The molecule has 20 heavy (non-hydrogen) atoms. The van der Waals surface area contributed by atoms with Crippen LogP contribution in [0.1, 0.15) is 44.6 Å². The minimum atomic E-state index is -0.525. The average molecular weight is 283 g/mol. The van der Waals surface area contributed by atoms with E-state index in [1.165, 1.54) is 18.2 Å². The van der Waals surface area contributed by atoms with Crippen LogP contribution in [-0.4, -0.2) is 18.7 Å². The Hall–Kier alpha value is -1.00. The second-order valence-corrected chi connectivity index (χ2v) is 5.44. The quantitative estimate of drug-likeness (QED) is 0.857. The minimum absolute atomic E-state index is 0.0240. The normalized spacial score (nSPS) is 22.9. The Bertz CT molecular complexity index is 397. The first kappa shape index (κ1) is 15.4. The minimum Gasteiger partial charge on any atom is -0.373 e. The fourth-order valence-corrected chi connectivity index (χ4v) is 2.65. The van der Waals surface area contributed by atoms with Gasteiger partial charge in [0.15, 0.2) is 0 Å². The number of nitrogens with one attached hydrogen (secondary N) is 1. The molecule has 0 saturated heterocycles. The van der Waals surface area contributed by atoms with Crippen molar-refractivity contribution in [2.24, 2.45) is 0 Å². The lowest BCUT2D eigenvalue weighted by atomic mass is 9.93. The van der Waals surface area contributed by atoms with Gasteiger partial charge in [-0.25, -0.2) is 8.78 Å². The van der Waals surface area contributed by atoms with Crippen molar-refractivity contribution in [3.05, 3.63) is 35.4 Å². The van der Waals surface area contributed by atoms with Crippen LogP contribution in [0.25, 0.3) is 0 Å². The van der Waals surface area contributed by atoms with E-state index in [0.717, 1.165) is 38.6 Å². The van der Waals surface area contributed by atoms with Crippen molar-refractivity contribution in [3.63, 3.8) is 0 Å². The first-order valence-corrected chi connectivity index (χ1v) is 7.48. The summed E-state index contributed by atoms with van der Waals surface area (Å²) in [6, 6.07) is 4.49. The number of hydrogen-bond donors (Lipinski definition) is 1. The van der Waals surface area contributed by atoms with Gasteiger partial charge in [0.05, 0.1) is 12.7 Å². The molecule has 0 aliphatic heterocycles. The van der Waals surface area contributed by atoms with Gasteiger partial charge in [0.2, 0.25) is 0 Å². The van der Waals surface area contributed by atoms with E-state index in [0.29, 0.717) is 6.04 Å². The van der Waals surface area contributed by atoms with Crippen LogP contribution >= 0.6 is 0 Å². The van der Waals surface area contributed by atoms with Gasteiger partial charge in [-0.1, -0.05) is 13.0 Å². The third kappa shape index (κ3) is 4.25. The zero-order chi connectivity index (χ0) is 14.4. The standard InChI is InChI=1S/C16H23F2NO/c1-2-10-19-12-6-8-13(9-7-12)20-11-14-15(17)4-3-5-16(14)18/h3-5,12-13,19H,2,6-11H2,1H3. The van der Waals surface area contributed by atoms with Crippen molar-refractivity contribution in [3.8, 4) is 0 Å². The third-order valence-electron chi connectivity index (χ3n) is 3.88. The molecule has 0 radical (unpaired) electrons. The summed E-state index contributed by atoms with van der Waals surface area (Å²) in [5.74, 6) is -1.05. The van der Waals surface area contributed by atoms with E-state index in [9.17, 15) is 8.78 Å². The monoisotopic (exact) mass is 283 g/mol. The van der Waals surface area contributed by atoms with E-state index in [1.54, 1.807) is 0 Å². The first-order chi connectivity index (χ1) is 9.70. The van der Waals surface area contributed by atoms with E-state index in [-0.39, 0.29) is 18.3 Å². The average Bonchev–Trinajstić information content (AvgIpc) is 2.46. The van der Waals surface area contributed by atoms with Gasteiger partial charge < -0.3 is 10.1 Å². The molecule has 0 aromatic heterocycles. The lowest BCUT2D eigenvalue weighted by Crippen LogP contribution is -2.35. The van der Waals surface area contributed by atoms with Crippen LogP contribution in [0.5, 0.6) is 0 Å². The molecule has 1 N–H and O–H groups in total. The van der Waals surface area contributed by atoms with Gasteiger partial charge >= 0.3 is 0 Å². The molecule has 0 unspecified atom stereocenters. The Morgan fingerprint density at radius 1 is 1.15 bits per heavy atom.